The Bertz CT molecular complexity index is 270. The fourth-order valence-electron chi connectivity index (χ4n) is 0.848. The number of hydrogen-bond acceptors (Lipinski definition) is 2. The Hall–Kier alpha value is -0.580. The zero-order valence-corrected chi connectivity index (χ0v) is 9.52. The molecule has 0 spiro atoms. The normalized spacial score (nSPS) is 12.2. The Balaban J connectivity index is 2.50. The van der Waals surface area contributed by atoms with Crippen LogP contribution < -0.4 is 0 Å². The van der Waals surface area contributed by atoms with Crippen molar-refractivity contribution < 1.29 is 9.53 Å². The third-order valence-corrected chi connectivity index (χ3v) is 1.81. The molecule has 0 bridgehead atoms. The first-order valence-corrected chi connectivity index (χ1v) is 5.31. The van der Waals surface area contributed by atoms with Crippen LogP contribution >= 0.6 is 22.6 Å². The van der Waals surface area contributed by atoms with Crippen LogP contribution in [-0.4, -0.2) is 16.5 Å². The molecule has 0 aliphatic rings. The Morgan fingerprint density at radius 1 is 1.46 bits per heavy atom. The lowest BCUT2D eigenvalue weighted by atomic mass is 10.2. The summed E-state index contributed by atoms with van der Waals surface area (Å²) in [4.78, 5) is 11.3. The van der Waals surface area contributed by atoms with Gasteiger partial charge in [0.05, 0.1) is 5.56 Å². The molecule has 1 aromatic carbocycles. The van der Waals surface area contributed by atoms with Crippen molar-refractivity contribution in [1.82, 2.24) is 0 Å². The molecule has 0 aliphatic heterocycles. The van der Waals surface area contributed by atoms with Crippen molar-refractivity contribution in [3.8, 4) is 0 Å². The van der Waals surface area contributed by atoms with Crippen LogP contribution in [0.15, 0.2) is 30.3 Å². The van der Waals surface area contributed by atoms with Crippen LogP contribution in [0.3, 0.4) is 0 Å². The number of benzene rings is 1. The highest BCUT2D eigenvalue weighted by atomic mass is 127. The monoisotopic (exact) mass is 290 g/mol. The molecule has 2 nitrogen and oxygen atoms in total. The van der Waals surface area contributed by atoms with Gasteiger partial charge in [0.25, 0.3) is 0 Å². The van der Waals surface area contributed by atoms with E-state index in [0.717, 1.165) is 0 Å². The maximum atomic E-state index is 11.3. The minimum Gasteiger partial charge on any atom is -0.461 e. The van der Waals surface area contributed by atoms with Gasteiger partial charge in [0, 0.05) is 3.92 Å². The molecule has 0 amide bonds. The van der Waals surface area contributed by atoms with Gasteiger partial charge in [-0.2, -0.15) is 0 Å². The number of alkyl halides is 1. The predicted octanol–water partition coefficient (Wildman–Crippen LogP) is 2.67. The van der Waals surface area contributed by atoms with Crippen molar-refractivity contribution in [2.75, 3.05) is 6.61 Å². The minimum atomic E-state index is -0.246. The number of hydrogen-bond donors (Lipinski definition) is 0. The summed E-state index contributed by atoms with van der Waals surface area (Å²) in [6.45, 7) is 2.47. The smallest absolute Gasteiger partial charge is 0.338 e. The van der Waals surface area contributed by atoms with E-state index < -0.39 is 0 Å². The number of ether oxygens (including phenoxy) is 1. The van der Waals surface area contributed by atoms with E-state index in [4.69, 9.17) is 4.74 Å². The van der Waals surface area contributed by atoms with Gasteiger partial charge in [-0.1, -0.05) is 47.7 Å². The summed E-state index contributed by atoms with van der Waals surface area (Å²) in [6, 6.07) is 9.02. The Morgan fingerprint density at radius 3 is 2.62 bits per heavy atom. The molecule has 1 aromatic rings. The van der Waals surface area contributed by atoms with Crippen LogP contribution in [0, 0.1) is 0 Å². The van der Waals surface area contributed by atoms with Crippen molar-refractivity contribution in [1.29, 1.82) is 0 Å². The van der Waals surface area contributed by atoms with Gasteiger partial charge in [-0.15, -0.1) is 0 Å². The van der Waals surface area contributed by atoms with Crippen LogP contribution in [0.2, 0.25) is 0 Å². The summed E-state index contributed by atoms with van der Waals surface area (Å²) in [6.07, 6.45) is 0. The zero-order valence-electron chi connectivity index (χ0n) is 7.37. The number of halogens is 1. The number of rotatable bonds is 3. The zero-order chi connectivity index (χ0) is 9.68. The van der Waals surface area contributed by atoms with Gasteiger partial charge in [-0.05, 0) is 12.1 Å². The van der Waals surface area contributed by atoms with E-state index in [-0.39, 0.29) is 5.97 Å². The van der Waals surface area contributed by atoms with E-state index in [9.17, 15) is 4.79 Å². The molecule has 0 fully saturated rings. The quantitative estimate of drug-likeness (QED) is 0.486. The fourth-order valence-corrected chi connectivity index (χ4v) is 1.03. The van der Waals surface area contributed by atoms with Gasteiger partial charge < -0.3 is 4.74 Å². The van der Waals surface area contributed by atoms with Gasteiger partial charge in [-0.3, -0.25) is 0 Å². The van der Waals surface area contributed by atoms with Crippen molar-refractivity contribution >= 4 is 28.6 Å². The fraction of sp³-hybridized carbons (Fsp3) is 0.300. The molecular formula is C10H11IO2. The molecule has 0 aliphatic carbocycles. The lowest BCUT2D eigenvalue weighted by Gasteiger charge is -2.05. The van der Waals surface area contributed by atoms with E-state index in [1.54, 1.807) is 12.1 Å². The minimum absolute atomic E-state index is 0.246. The van der Waals surface area contributed by atoms with Crippen molar-refractivity contribution in [2.24, 2.45) is 0 Å². The molecule has 1 rings (SSSR count). The van der Waals surface area contributed by atoms with Gasteiger partial charge in [-0.25, -0.2) is 4.79 Å². The highest BCUT2D eigenvalue weighted by Gasteiger charge is 2.06. The lowest BCUT2D eigenvalue weighted by Crippen LogP contribution is -2.11. The highest BCUT2D eigenvalue weighted by molar-refractivity contribution is 14.1. The molecule has 3 heteroatoms. The third-order valence-electron chi connectivity index (χ3n) is 1.45. The first-order chi connectivity index (χ1) is 6.20. The second-order valence-corrected chi connectivity index (χ2v) is 4.87. The van der Waals surface area contributed by atoms with Crippen LogP contribution in [0.5, 0.6) is 0 Å². The van der Waals surface area contributed by atoms with Crippen LogP contribution in [0.4, 0.5) is 0 Å². The van der Waals surface area contributed by atoms with Crippen LogP contribution in [0.25, 0.3) is 0 Å². The number of esters is 1. The summed E-state index contributed by atoms with van der Waals surface area (Å²) < 4.78 is 5.40. The molecule has 0 radical (unpaired) electrons. The molecule has 0 N–H and O–H groups in total. The number of carbonyl (C=O) groups excluding carboxylic acids is 1. The van der Waals surface area contributed by atoms with Gasteiger partial charge >= 0.3 is 5.97 Å². The van der Waals surface area contributed by atoms with Crippen molar-refractivity contribution in [3.05, 3.63) is 35.9 Å². The standard InChI is InChI=1S/C10H11IO2/c1-8(11)7-13-10(12)9-5-3-2-4-6-9/h2-6,8H,7H2,1H3. The van der Waals surface area contributed by atoms with Crippen LogP contribution in [-0.2, 0) is 4.74 Å². The maximum Gasteiger partial charge on any atom is 0.338 e. The predicted molar refractivity (Wildman–Crippen MR) is 60.2 cm³/mol. The van der Waals surface area contributed by atoms with E-state index in [1.165, 1.54) is 0 Å². The van der Waals surface area contributed by atoms with E-state index in [0.29, 0.717) is 16.1 Å². The molecule has 1 atom stereocenters. The Morgan fingerprint density at radius 2 is 2.08 bits per heavy atom. The molecule has 13 heavy (non-hydrogen) atoms. The topological polar surface area (TPSA) is 26.3 Å². The van der Waals surface area contributed by atoms with E-state index in [2.05, 4.69) is 22.6 Å². The second kappa shape index (κ2) is 5.21. The summed E-state index contributed by atoms with van der Waals surface area (Å²) >= 11 is 2.22. The highest BCUT2D eigenvalue weighted by Crippen LogP contribution is 2.04. The number of carbonyl (C=O) groups is 1. The van der Waals surface area contributed by atoms with Gasteiger partial charge in [0.2, 0.25) is 0 Å². The Labute approximate surface area is 91.4 Å². The molecule has 0 aromatic heterocycles. The summed E-state index contributed by atoms with van der Waals surface area (Å²) in [5.74, 6) is -0.246. The summed E-state index contributed by atoms with van der Waals surface area (Å²) in [5.41, 5.74) is 0.611. The van der Waals surface area contributed by atoms with Crippen molar-refractivity contribution in [3.63, 3.8) is 0 Å². The van der Waals surface area contributed by atoms with Crippen LogP contribution in [0.1, 0.15) is 17.3 Å². The van der Waals surface area contributed by atoms with E-state index in [1.807, 2.05) is 25.1 Å². The molecular weight excluding hydrogens is 279 g/mol. The van der Waals surface area contributed by atoms with E-state index >= 15 is 0 Å². The molecule has 0 saturated carbocycles. The summed E-state index contributed by atoms with van der Waals surface area (Å²) in [7, 11) is 0. The first-order valence-electron chi connectivity index (χ1n) is 4.06. The summed E-state index contributed by atoms with van der Waals surface area (Å²) in [5, 5.41) is 0. The lowest BCUT2D eigenvalue weighted by molar-refractivity contribution is 0.0514. The molecule has 0 heterocycles. The Kier molecular flexibility index (Phi) is 4.21. The maximum absolute atomic E-state index is 11.3. The average molecular weight is 290 g/mol. The average Bonchev–Trinajstić information content (AvgIpc) is 2.15. The molecule has 70 valence electrons. The first kappa shape index (κ1) is 10.5. The molecule has 1 unspecified atom stereocenters. The molecule has 0 saturated heterocycles. The van der Waals surface area contributed by atoms with Gasteiger partial charge in [0.15, 0.2) is 0 Å². The SMILES string of the molecule is CC(I)COC(=O)c1ccccc1. The third kappa shape index (κ3) is 3.76. The largest absolute Gasteiger partial charge is 0.461 e. The second-order valence-electron chi connectivity index (χ2n) is 2.75. The van der Waals surface area contributed by atoms with Crippen molar-refractivity contribution in [2.45, 2.75) is 10.8 Å². The van der Waals surface area contributed by atoms with Gasteiger partial charge in [0.1, 0.15) is 6.61 Å².